The third kappa shape index (κ3) is 5.93. The number of ether oxygens (including phenoxy) is 2. The summed E-state index contributed by atoms with van der Waals surface area (Å²) in [5, 5.41) is 0. The largest absolute Gasteiger partial charge is 0.466 e. The number of hydrogen-bond acceptors (Lipinski definition) is 4. The number of thioether (sulfide) groups is 1. The Hall–Kier alpha value is -2.66. The van der Waals surface area contributed by atoms with Gasteiger partial charge in [0.15, 0.2) is 0 Å². The van der Waals surface area contributed by atoms with Crippen LogP contribution < -0.4 is 10.2 Å². The van der Waals surface area contributed by atoms with Crippen LogP contribution in [0.2, 0.25) is 0 Å². The Bertz CT molecular complexity index is 928. The third-order valence-corrected chi connectivity index (χ3v) is 5.19. The summed E-state index contributed by atoms with van der Waals surface area (Å²) in [6.45, 7) is 2.20. The number of rotatable bonds is 8. The van der Waals surface area contributed by atoms with Gasteiger partial charge in [0.25, 0.3) is 0 Å². The maximum Gasteiger partial charge on any atom is 0.310 e. The van der Waals surface area contributed by atoms with Crippen molar-refractivity contribution in [2.75, 3.05) is 6.61 Å². The minimum atomic E-state index is -0.227. The van der Waals surface area contributed by atoms with Crippen LogP contribution >= 0.6 is 11.8 Å². The summed E-state index contributed by atoms with van der Waals surface area (Å²) in [4.78, 5) is 13.0. The molecule has 0 aliphatic carbocycles. The lowest BCUT2D eigenvalue weighted by Gasteiger charge is -2.13. The molecule has 142 valence electrons. The van der Waals surface area contributed by atoms with Crippen LogP contribution in [0.1, 0.15) is 18.1 Å². The normalized spacial score (nSPS) is 10.5. The molecule has 3 aromatic rings. The summed E-state index contributed by atoms with van der Waals surface area (Å²) < 4.78 is 11.2. The molecule has 0 aromatic heterocycles. The van der Waals surface area contributed by atoms with Gasteiger partial charge in [-0.3, -0.25) is 4.79 Å². The SMILES string of the molecule is Bc1ccc(Oc2cccc(CC(=O)OCC)c2)c(CSc2ccccc2)c1. The molecule has 0 aliphatic rings. The second kappa shape index (κ2) is 10.0. The van der Waals surface area contributed by atoms with Crippen LogP contribution in [0.25, 0.3) is 0 Å². The fourth-order valence-corrected chi connectivity index (χ4v) is 3.72. The number of benzene rings is 3. The van der Waals surface area contributed by atoms with E-state index in [9.17, 15) is 4.79 Å². The molecular formula is C23H23BO3S. The molecule has 0 spiro atoms. The van der Waals surface area contributed by atoms with Crippen LogP contribution in [0.4, 0.5) is 0 Å². The average molecular weight is 390 g/mol. The zero-order valence-corrected chi connectivity index (χ0v) is 17.0. The van der Waals surface area contributed by atoms with E-state index in [0.29, 0.717) is 6.61 Å². The van der Waals surface area contributed by atoms with Crippen molar-refractivity contribution in [2.24, 2.45) is 0 Å². The molecule has 0 fully saturated rings. The van der Waals surface area contributed by atoms with Crippen LogP contribution in [0.5, 0.6) is 11.5 Å². The van der Waals surface area contributed by atoms with E-state index in [1.54, 1.807) is 11.8 Å². The van der Waals surface area contributed by atoms with Crippen molar-refractivity contribution < 1.29 is 14.3 Å². The van der Waals surface area contributed by atoms with Gasteiger partial charge >= 0.3 is 5.97 Å². The van der Waals surface area contributed by atoms with Gasteiger partial charge in [0.05, 0.1) is 13.0 Å². The van der Waals surface area contributed by atoms with Gasteiger partial charge in [-0.05, 0) is 42.8 Å². The molecule has 0 amide bonds. The van der Waals surface area contributed by atoms with E-state index in [4.69, 9.17) is 9.47 Å². The highest BCUT2D eigenvalue weighted by atomic mass is 32.2. The van der Waals surface area contributed by atoms with Gasteiger partial charge in [-0.2, -0.15) is 0 Å². The van der Waals surface area contributed by atoms with Gasteiger partial charge in [0, 0.05) is 16.2 Å². The van der Waals surface area contributed by atoms with Crippen LogP contribution in [0, 0.1) is 0 Å². The first kappa shape index (κ1) is 20.1. The lowest BCUT2D eigenvalue weighted by Crippen LogP contribution is -2.07. The molecule has 0 saturated heterocycles. The molecule has 0 bridgehead atoms. The minimum absolute atomic E-state index is 0.227. The molecular weight excluding hydrogens is 367 g/mol. The van der Waals surface area contributed by atoms with E-state index < -0.39 is 0 Å². The van der Waals surface area contributed by atoms with Crippen LogP contribution in [0.15, 0.2) is 77.7 Å². The molecule has 5 heteroatoms. The highest BCUT2D eigenvalue weighted by molar-refractivity contribution is 7.98. The predicted octanol–water partition coefficient (Wildman–Crippen LogP) is 4.14. The molecule has 3 rings (SSSR count). The topological polar surface area (TPSA) is 35.5 Å². The Balaban J connectivity index is 1.74. The van der Waals surface area contributed by atoms with E-state index in [2.05, 4.69) is 32.1 Å². The zero-order chi connectivity index (χ0) is 19.8. The summed E-state index contributed by atoms with van der Waals surface area (Å²) in [5.41, 5.74) is 3.22. The Morgan fingerprint density at radius 1 is 1.00 bits per heavy atom. The van der Waals surface area contributed by atoms with Crippen LogP contribution in [0.3, 0.4) is 0 Å². The van der Waals surface area contributed by atoms with Crippen molar-refractivity contribution in [1.29, 1.82) is 0 Å². The molecule has 0 saturated carbocycles. The highest BCUT2D eigenvalue weighted by Gasteiger charge is 2.09. The standard InChI is InChI=1S/C23H23BO3S/c1-2-26-23(25)14-17-7-6-8-20(13-17)27-22-12-11-19(24)15-18(22)16-28-21-9-4-3-5-10-21/h3-13,15H,2,14,16,24H2,1H3. The molecule has 0 N–H and O–H groups in total. The number of hydrogen-bond donors (Lipinski definition) is 0. The average Bonchev–Trinajstić information content (AvgIpc) is 2.69. The lowest BCUT2D eigenvalue weighted by molar-refractivity contribution is -0.142. The van der Waals surface area contributed by atoms with Gasteiger partial charge in [-0.25, -0.2) is 0 Å². The Kier molecular flexibility index (Phi) is 7.21. The molecule has 0 radical (unpaired) electrons. The minimum Gasteiger partial charge on any atom is -0.466 e. The van der Waals surface area contributed by atoms with Gasteiger partial charge in [-0.15, -0.1) is 11.8 Å². The van der Waals surface area contributed by atoms with Crippen LogP contribution in [-0.4, -0.2) is 20.4 Å². The van der Waals surface area contributed by atoms with E-state index in [-0.39, 0.29) is 12.4 Å². The zero-order valence-electron chi connectivity index (χ0n) is 16.2. The van der Waals surface area contributed by atoms with Gasteiger partial charge in [-0.1, -0.05) is 47.9 Å². The van der Waals surface area contributed by atoms with Crippen LogP contribution in [-0.2, 0) is 21.7 Å². The van der Waals surface area contributed by atoms with E-state index >= 15 is 0 Å². The van der Waals surface area contributed by atoms with E-state index in [1.807, 2.05) is 55.5 Å². The van der Waals surface area contributed by atoms with E-state index in [0.717, 1.165) is 28.4 Å². The molecule has 0 unspecified atom stereocenters. The van der Waals surface area contributed by atoms with Crippen molar-refractivity contribution in [3.63, 3.8) is 0 Å². The number of carbonyl (C=O) groups is 1. The number of carbonyl (C=O) groups excluding carboxylic acids is 1. The van der Waals surface area contributed by atoms with Crippen molar-refractivity contribution in [3.8, 4) is 11.5 Å². The van der Waals surface area contributed by atoms with Gasteiger partial charge < -0.3 is 9.47 Å². The predicted molar refractivity (Wildman–Crippen MR) is 117 cm³/mol. The van der Waals surface area contributed by atoms with Crippen molar-refractivity contribution in [3.05, 3.63) is 83.9 Å². The first-order valence-corrected chi connectivity index (χ1v) is 10.3. The molecule has 3 nitrogen and oxygen atoms in total. The smallest absolute Gasteiger partial charge is 0.310 e. The monoisotopic (exact) mass is 390 g/mol. The first-order chi connectivity index (χ1) is 13.6. The summed E-state index contributed by atoms with van der Waals surface area (Å²) in [6, 6.07) is 24.2. The Morgan fingerprint density at radius 2 is 1.82 bits per heavy atom. The van der Waals surface area contributed by atoms with Crippen molar-refractivity contribution >= 4 is 31.0 Å². The quantitative estimate of drug-likeness (QED) is 0.329. The second-order valence-electron chi connectivity index (χ2n) is 6.44. The third-order valence-electron chi connectivity index (χ3n) is 4.13. The second-order valence-corrected chi connectivity index (χ2v) is 7.49. The fourth-order valence-electron chi connectivity index (χ4n) is 2.82. The molecule has 28 heavy (non-hydrogen) atoms. The van der Waals surface area contributed by atoms with Gasteiger partial charge in [0.1, 0.15) is 19.3 Å². The highest BCUT2D eigenvalue weighted by Crippen LogP contribution is 2.30. The molecule has 0 heterocycles. The van der Waals surface area contributed by atoms with Crippen molar-refractivity contribution in [2.45, 2.75) is 24.0 Å². The maximum absolute atomic E-state index is 11.7. The maximum atomic E-state index is 11.7. The summed E-state index contributed by atoms with van der Waals surface area (Å²) in [6.07, 6.45) is 0.246. The lowest BCUT2D eigenvalue weighted by atomic mass is 9.94. The molecule has 0 aliphatic heterocycles. The Labute approximate surface area is 171 Å². The van der Waals surface area contributed by atoms with Gasteiger partial charge in [0.2, 0.25) is 0 Å². The Morgan fingerprint density at radius 3 is 2.61 bits per heavy atom. The molecule has 0 atom stereocenters. The summed E-state index contributed by atoms with van der Waals surface area (Å²) in [5.74, 6) is 2.15. The molecule has 3 aromatic carbocycles. The van der Waals surface area contributed by atoms with Crippen molar-refractivity contribution in [1.82, 2.24) is 0 Å². The first-order valence-electron chi connectivity index (χ1n) is 9.34. The number of esters is 1. The summed E-state index contributed by atoms with van der Waals surface area (Å²) in [7, 11) is 2.08. The fraction of sp³-hybridized carbons (Fsp3) is 0.174. The van der Waals surface area contributed by atoms with E-state index in [1.165, 1.54) is 10.4 Å². The summed E-state index contributed by atoms with van der Waals surface area (Å²) >= 11 is 1.78.